The van der Waals surface area contributed by atoms with E-state index in [4.69, 9.17) is 15.7 Å². The van der Waals surface area contributed by atoms with Gasteiger partial charge < -0.3 is 10.5 Å². The minimum Gasteiger partial charge on any atom is -0.373 e. The van der Waals surface area contributed by atoms with Gasteiger partial charge in [0.2, 0.25) is 5.95 Å². The molecule has 2 N–H and O–H groups in total. The van der Waals surface area contributed by atoms with E-state index in [1.54, 1.807) is 35.1 Å². The number of pyridine rings is 1. The fourth-order valence-corrected chi connectivity index (χ4v) is 3.10. The Kier molecular flexibility index (Phi) is 6.14. The van der Waals surface area contributed by atoms with E-state index in [9.17, 15) is 0 Å². The smallest absolute Gasteiger partial charge is 0.221 e. The van der Waals surface area contributed by atoms with E-state index in [0.717, 1.165) is 17.0 Å². The third kappa shape index (κ3) is 5.11. The van der Waals surface area contributed by atoms with Crippen LogP contribution in [-0.2, 0) is 17.9 Å². The van der Waals surface area contributed by atoms with Crippen LogP contribution in [0.3, 0.4) is 0 Å². The summed E-state index contributed by atoms with van der Waals surface area (Å²) in [5.74, 6) is 0.119. The number of aromatic nitrogens is 6. The average molecular weight is 426 g/mol. The summed E-state index contributed by atoms with van der Waals surface area (Å²) in [6.07, 6.45) is 1.93. The second-order valence-electron chi connectivity index (χ2n) is 7.47. The van der Waals surface area contributed by atoms with Gasteiger partial charge in [-0.3, -0.25) is 4.98 Å². The Bertz CT molecular complexity index is 1270. The van der Waals surface area contributed by atoms with Gasteiger partial charge >= 0.3 is 0 Å². The Hall–Kier alpha value is -4.16. The number of nitrogen functional groups attached to an aromatic ring is 1. The van der Waals surface area contributed by atoms with Crippen LogP contribution in [0.1, 0.15) is 30.8 Å². The van der Waals surface area contributed by atoms with Crippen LogP contribution in [0.5, 0.6) is 0 Å². The molecule has 0 radical (unpaired) electrons. The zero-order valence-electron chi connectivity index (χ0n) is 17.8. The van der Waals surface area contributed by atoms with E-state index in [0.29, 0.717) is 35.8 Å². The zero-order chi connectivity index (χ0) is 22.5. The molecular formula is C23H22N8O. The third-order valence-corrected chi connectivity index (χ3v) is 4.58. The molecule has 4 aromatic rings. The van der Waals surface area contributed by atoms with Crippen LogP contribution in [0.4, 0.5) is 5.95 Å². The molecule has 0 amide bonds. The molecule has 0 aliphatic rings. The van der Waals surface area contributed by atoms with Gasteiger partial charge in [-0.2, -0.15) is 5.26 Å². The van der Waals surface area contributed by atoms with Crippen molar-refractivity contribution in [2.24, 2.45) is 0 Å². The molecule has 0 saturated carbocycles. The van der Waals surface area contributed by atoms with Crippen molar-refractivity contribution in [2.75, 3.05) is 5.73 Å². The fourth-order valence-electron chi connectivity index (χ4n) is 3.10. The Labute approximate surface area is 185 Å². The minimum absolute atomic E-state index is 0.119. The summed E-state index contributed by atoms with van der Waals surface area (Å²) < 4.78 is 7.32. The van der Waals surface area contributed by atoms with Crippen molar-refractivity contribution in [3.63, 3.8) is 0 Å². The molecule has 9 nitrogen and oxygen atoms in total. The van der Waals surface area contributed by atoms with E-state index in [-0.39, 0.29) is 12.1 Å². The molecule has 0 saturated heterocycles. The summed E-state index contributed by atoms with van der Waals surface area (Å²) >= 11 is 0. The van der Waals surface area contributed by atoms with E-state index >= 15 is 0 Å². The van der Waals surface area contributed by atoms with Crippen molar-refractivity contribution in [3.8, 4) is 28.7 Å². The summed E-state index contributed by atoms with van der Waals surface area (Å²) in [6, 6.07) is 16.9. The average Bonchev–Trinajstić information content (AvgIpc) is 3.26. The number of hydrogen-bond donors (Lipinski definition) is 1. The van der Waals surface area contributed by atoms with Crippen LogP contribution in [0.15, 0.2) is 54.7 Å². The molecule has 32 heavy (non-hydrogen) atoms. The van der Waals surface area contributed by atoms with Gasteiger partial charge in [0, 0.05) is 5.56 Å². The van der Waals surface area contributed by atoms with E-state index in [1.165, 1.54) is 0 Å². The maximum absolute atomic E-state index is 9.15. The molecule has 3 aromatic heterocycles. The predicted octanol–water partition coefficient (Wildman–Crippen LogP) is 3.22. The first-order chi connectivity index (χ1) is 15.5. The van der Waals surface area contributed by atoms with E-state index < -0.39 is 0 Å². The Morgan fingerprint density at radius 3 is 2.59 bits per heavy atom. The normalized spacial score (nSPS) is 10.9. The summed E-state index contributed by atoms with van der Waals surface area (Å²) in [6.45, 7) is 4.91. The van der Waals surface area contributed by atoms with Crippen molar-refractivity contribution in [2.45, 2.75) is 33.1 Å². The van der Waals surface area contributed by atoms with Gasteiger partial charge in [0.05, 0.1) is 59.9 Å². The molecule has 0 aliphatic heterocycles. The number of nitrogens with zero attached hydrogens (tertiary/aromatic N) is 7. The van der Waals surface area contributed by atoms with E-state index in [1.807, 2.05) is 38.1 Å². The maximum atomic E-state index is 9.15. The van der Waals surface area contributed by atoms with Crippen LogP contribution in [0.2, 0.25) is 0 Å². The highest BCUT2D eigenvalue weighted by Crippen LogP contribution is 2.24. The number of hydrogen-bond acceptors (Lipinski definition) is 8. The lowest BCUT2D eigenvalue weighted by Gasteiger charge is -2.08. The Balaban J connectivity index is 1.56. The van der Waals surface area contributed by atoms with Crippen molar-refractivity contribution in [3.05, 3.63) is 71.7 Å². The highest BCUT2D eigenvalue weighted by Gasteiger charge is 2.12. The van der Waals surface area contributed by atoms with Crippen molar-refractivity contribution < 1.29 is 4.74 Å². The highest BCUT2D eigenvalue weighted by molar-refractivity contribution is 5.68. The first-order valence-corrected chi connectivity index (χ1v) is 10.1. The number of nitriles is 1. The number of rotatable bonds is 7. The van der Waals surface area contributed by atoms with Crippen molar-refractivity contribution in [1.29, 1.82) is 5.26 Å². The predicted molar refractivity (Wildman–Crippen MR) is 119 cm³/mol. The molecule has 0 unspecified atom stereocenters. The second-order valence-corrected chi connectivity index (χ2v) is 7.47. The number of anilines is 1. The number of nitrogens with two attached hydrogens (primary N) is 1. The molecular weight excluding hydrogens is 404 g/mol. The zero-order valence-corrected chi connectivity index (χ0v) is 17.8. The summed E-state index contributed by atoms with van der Waals surface area (Å²) in [7, 11) is 0. The molecule has 3 heterocycles. The van der Waals surface area contributed by atoms with Gasteiger partial charge in [-0.1, -0.05) is 23.4 Å². The van der Waals surface area contributed by atoms with E-state index in [2.05, 4.69) is 31.3 Å². The first-order valence-electron chi connectivity index (χ1n) is 10.1. The highest BCUT2D eigenvalue weighted by atomic mass is 16.5. The van der Waals surface area contributed by atoms with Crippen molar-refractivity contribution >= 4 is 5.95 Å². The fraction of sp³-hybridized carbons (Fsp3) is 0.217. The molecule has 0 spiro atoms. The summed E-state index contributed by atoms with van der Waals surface area (Å²) in [4.78, 5) is 13.2. The summed E-state index contributed by atoms with van der Waals surface area (Å²) in [5.41, 5.74) is 10.7. The lowest BCUT2D eigenvalue weighted by atomic mass is 10.1. The van der Waals surface area contributed by atoms with Crippen LogP contribution < -0.4 is 5.73 Å². The second kappa shape index (κ2) is 9.32. The molecule has 0 bridgehead atoms. The van der Waals surface area contributed by atoms with Gasteiger partial charge in [-0.25, -0.2) is 14.6 Å². The molecule has 0 aliphatic carbocycles. The molecule has 1 aromatic carbocycles. The molecule has 0 fully saturated rings. The summed E-state index contributed by atoms with van der Waals surface area (Å²) in [5, 5.41) is 17.6. The molecule has 0 atom stereocenters. The monoisotopic (exact) mass is 426 g/mol. The van der Waals surface area contributed by atoms with Gasteiger partial charge in [0.25, 0.3) is 0 Å². The standard InChI is InChI=1S/C23H22N8O/c1-15(2)32-14-19-8-4-7-18(26-19)12-31-13-22(29-30-31)21-10-20(27-23(25)28-21)17-6-3-5-16(9-17)11-24/h3-10,13,15H,12,14H2,1-2H3,(H2,25,27,28). The molecule has 9 heteroatoms. The minimum atomic E-state index is 0.119. The van der Waals surface area contributed by atoms with Crippen LogP contribution >= 0.6 is 0 Å². The maximum Gasteiger partial charge on any atom is 0.221 e. The van der Waals surface area contributed by atoms with Gasteiger partial charge in [0.15, 0.2) is 0 Å². The molecule has 160 valence electrons. The Morgan fingerprint density at radius 1 is 1.00 bits per heavy atom. The SMILES string of the molecule is CC(C)OCc1cccc(Cn2cc(-c3cc(-c4cccc(C#N)c4)nc(N)n3)nn2)n1. The Morgan fingerprint density at radius 2 is 1.78 bits per heavy atom. The van der Waals surface area contributed by atoms with Gasteiger partial charge in [-0.15, -0.1) is 5.10 Å². The first kappa shape index (κ1) is 21.1. The van der Waals surface area contributed by atoms with Crippen LogP contribution in [0, 0.1) is 11.3 Å². The largest absolute Gasteiger partial charge is 0.373 e. The molecule has 4 rings (SSSR count). The number of ether oxygens (including phenoxy) is 1. The third-order valence-electron chi connectivity index (χ3n) is 4.58. The lowest BCUT2D eigenvalue weighted by molar-refractivity contribution is 0.0635. The lowest BCUT2D eigenvalue weighted by Crippen LogP contribution is -2.07. The van der Waals surface area contributed by atoms with Crippen LogP contribution in [-0.4, -0.2) is 36.0 Å². The van der Waals surface area contributed by atoms with Gasteiger partial charge in [-0.05, 0) is 44.2 Å². The van der Waals surface area contributed by atoms with Crippen LogP contribution in [0.25, 0.3) is 22.6 Å². The topological polar surface area (TPSA) is 128 Å². The van der Waals surface area contributed by atoms with Crippen molar-refractivity contribution in [1.82, 2.24) is 29.9 Å². The quantitative estimate of drug-likeness (QED) is 0.477. The van der Waals surface area contributed by atoms with Gasteiger partial charge in [0.1, 0.15) is 5.69 Å². The number of benzene rings is 1.